The SMILES string of the molecule is CC(N)C1=CC=CC1. The van der Waals surface area contributed by atoms with Crippen LogP contribution in [-0.4, -0.2) is 6.04 Å². The number of rotatable bonds is 1. The highest BCUT2D eigenvalue weighted by Crippen LogP contribution is 2.11. The van der Waals surface area contributed by atoms with Gasteiger partial charge in [0.25, 0.3) is 0 Å². The van der Waals surface area contributed by atoms with E-state index in [9.17, 15) is 0 Å². The van der Waals surface area contributed by atoms with Gasteiger partial charge in [-0.05, 0) is 13.3 Å². The molecule has 1 unspecified atom stereocenters. The van der Waals surface area contributed by atoms with Gasteiger partial charge in [0.05, 0.1) is 0 Å². The fourth-order valence-electron chi connectivity index (χ4n) is 0.801. The van der Waals surface area contributed by atoms with Gasteiger partial charge in [-0.25, -0.2) is 0 Å². The van der Waals surface area contributed by atoms with Crippen molar-refractivity contribution < 1.29 is 0 Å². The lowest BCUT2D eigenvalue weighted by Crippen LogP contribution is -2.16. The largest absolute Gasteiger partial charge is 0.324 e. The van der Waals surface area contributed by atoms with Crippen molar-refractivity contribution in [3.05, 3.63) is 23.8 Å². The smallest absolute Gasteiger partial charge is 0.0231 e. The molecule has 0 aromatic rings. The van der Waals surface area contributed by atoms with E-state index in [4.69, 9.17) is 5.73 Å². The molecular formula is C7H11N. The van der Waals surface area contributed by atoms with Crippen molar-refractivity contribution in [1.29, 1.82) is 0 Å². The van der Waals surface area contributed by atoms with Crippen molar-refractivity contribution in [2.75, 3.05) is 0 Å². The predicted molar refractivity (Wildman–Crippen MR) is 35.5 cm³/mol. The standard InChI is InChI=1S/C7H11N/c1-6(8)7-4-2-3-5-7/h2-4,6H,5,8H2,1H3. The molecule has 0 amide bonds. The number of nitrogens with two attached hydrogens (primary N) is 1. The average molecular weight is 109 g/mol. The maximum atomic E-state index is 5.59. The highest BCUT2D eigenvalue weighted by atomic mass is 14.6. The van der Waals surface area contributed by atoms with Gasteiger partial charge in [0.1, 0.15) is 0 Å². The van der Waals surface area contributed by atoms with Gasteiger partial charge in [-0.2, -0.15) is 0 Å². The van der Waals surface area contributed by atoms with Crippen molar-refractivity contribution >= 4 is 0 Å². The van der Waals surface area contributed by atoms with Gasteiger partial charge in [0.2, 0.25) is 0 Å². The molecule has 0 saturated heterocycles. The van der Waals surface area contributed by atoms with Gasteiger partial charge >= 0.3 is 0 Å². The molecule has 0 aliphatic heterocycles. The lowest BCUT2D eigenvalue weighted by Gasteiger charge is -2.03. The number of allylic oxidation sites excluding steroid dienone is 3. The zero-order valence-corrected chi connectivity index (χ0v) is 5.09. The molecule has 0 aromatic heterocycles. The van der Waals surface area contributed by atoms with Gasteiger partial charge < -0.3 is 5.73 Å². The summed E-state index contributed by atoms with van der Waals surface area (Å²) in [6.45, 7) is 2.01. The molecule has 44 valence electrons. The molecule has 0 spiro atoms. The summed E-state index contributed by atoms with van der Waals surface area (Å²) in [5, 5.41) is 0. The fourth-order valence-corrected chi connectivity index (χ4v) is 0.801. The van der Waals surface area contributed by atoms with Crippen LogP contribution in [0.3, 0.4) is 0 Å². The Morgan fingerprint density at radius 3 is 2.75 bits per heavy atom. The van der Waals surface area contributed by atoms with Gasteiger partial charge in [-0.1, -0.05) is 23.8 Å². The maximum absolute atomic E-state index is 5.59. The molecule has 0 aromatic carbocycles. The molecular weight excluding hydrogens is 98.1 g/mol. The third-order valence-electron chi connectivity index (χ3n) is 1.38. The second-order valence-corrected chi connectivity index (χ2v) is 2.16. The summed E-state index contributed by atoms with van der Waals surface area (Å²) in [5.41, 5.74) is 6.93. The van der Waals surface area contributed by atoms with E-state index >= 15 is 0 Å². The highest BCUT2D eigenvalue weighted by molar-refractivity contribution is 5.25. The van der Waals surface area contributed by atoms with Crippen LogP contribution in [0.4, 0.5) is 0 Å². The minimum atomic E-state index is 0.241. The lowest BCUT2D eigenvalue weighted by atomic mass is 10.1. The van der Waals surface area contributed by atoms with Gasteiger partial charge in [0, 0.05) is 6.04 Å². The molecule has 8 heavy (non-hydrogen) atoms. The van der Waals surface area contributed by atoms with Crippen molar-refractivity contribution in [2.24, 2.45) is 5.73 Å². The Morgan fingerprint density at radius 2 is 2.50 bits per heavy atom. The Bertz CT molecular complexity index is 131. The van der Waals surface area contributed by atoms with Gasteiger partial charge in [0.15, 0.2) is 0 Å². The summed E-state index contributed by atoms with van der Waals surface area (Å²) in [6, 6.07) is 0.241. The predicted octanol–water partition coefficient (Wildman–Crippen LogP) is 1.22. The van der Waals surface area contributed by atoms with Crippen molar-refractivity contribution in [2.45, 2.75) is 19.4 Å². The summed E-state index contributed by atoms with van der Waals surface area (Å²) in [4.78, 5) is 0. The van der Waals surface area contributed by atoms with Crippen molar-refractivity contribution in [1.82, 2.24) is 0 Å². The molecule has 0 fully saturated rings. The van der Waals surface area contributed by atoms with Crippen LogP contribution < -0.4 is 5.73 Å². The molecule has 1 aliphatic rings. The molecule has 0 heterocycles. The number of hydrogen-bond donors (Lipinski definition) is 1. The zero-order chi connectivity index (χ0) is 5.98. The summed E-state index contributed by atoms with van der Waals surface area (Å²) in [5.74, 6) is 0. The normalized spacial score (nSPS) is 21.0. The van der Waals surface area contributed by atoms with Crippen LogP contribution in [0.5, 0.6) is 0 Å². The third kappa shape index (κ3) is 0.984. The fraction of sp³-hybridized carbons (Fsp3) is 0.429. The molecule has 1 atom stereocenters. The van der Waals surface area contributed by atoms with Crippen LogP contribution in [0.25, 0.3) is 0 Å². The third-order valence-corrected chi connectivity index (χ3v) is 1.38. The van der Waals surface area contributed by atoms with E-state index in [1.807, 2.05) is 6.92 Å². The van der Waals surface area contributed by atoms with E-state index in [0.717, 1.165) is 6.42 Å². The molecule has 1 heteroatoms. The molecule has 1 nitrogen and oxygen atoms in total. The van der Waals surface area contributed by atoms with Crippen molar-refractivity contribution in [3.8, 4) is 0 Å². The first-order chi connectivity index (χ1) is 3.80. The van der Waals surface area contributed by atoms with Crippen LogP contribution in [0.1, 0.15) is 13.3 Å². The molecule has 0 radical (unpaired) electrons. The zero-order valence-electron chi connectivity index (χ0n) is 5.09. The molecule has 0 bridgehead atoms. The van der Waals surface area contributed by atoms with Crippen LogP contribution in [0.2, 0.25) is 0 Å². The second-order valence-electron chi connectivity index (χ2n) is 2.16. The first-order valence-electron chi connectivity index (χ1n) is 2.92. The van der Waals surface area contributed by atoms with E-state index in [-0.39, 0.29) is 6.04 Å². The van der Waals surface area contributed by atoms with Crippen LogP contribution in [0.15, 0.2) is 23.8 Å². The van der Waals surface area contributed by atoms with Gasteiger partial charge in [-0.15, -0.1) is 0 Å². The molecule has 1 rings (SSSR count). The van der Waals surface area contributed by atoms with E-state index in [1.165, 1.54) is 5.57 Å². The van der Waals surface area contributed by atoms with E-state index < -0.39 is 0 Å². The van der Waals surface area contributed by atoms with E-state index in [2.05, 4.69) is 18.2 Å². The quantitative estimate of drug-likeness (QED) is 0.538. The van der Waals surface area contributed by atoms with E-state index in [1.54, 1.807) is 0 Å². The monoisotopic (exact) mass is 109 g/mol. The second kappa shape index (κ2) is 2.14. The van der Waals surface area contributed by atoms with E-state index in [0.29, 0.717) is 0 Å². The Labute approximate surface area is 49.9 Å². The molecule has 0 saturated carbocycles. The average Bonchev–Trinajstić information content (AvgIpc) is 2.12. The Kier molecular flexibility index (Phi) is 1.49. The maximum Gasteiger partial charge on any atom is 0.0231 e. The number of hydrogen-bond acceptors (Lipinski definition) is 1. The Morgan fingerprint density at radius 1 is 1.75 bits per heavy atom. The topological polar surface area (TPSA) is 26.0 Å². The molecule has 2 N–H and O–H groups in total. The minimum Gasteiger partial charge on any atom is -0.324 e. The van der Waals surface area contributed by atoms with Crippen LogP contribution in [-0.2, 0) is 0 Å². The van der Waals surface area contributed by atoms with Crippen LogP contribution in [0, 0.1) is 0 Å². The minimum absolute atomic E-state index is 0.241. The Hall–Kier alpha value is -0.560. The van der Waals surface area contributed by atoms with Gasteiger partial charge in [-0.3, -0.25) is 0 Å². The lowest BCUT2D eigenvalue weighted by molar-refractivity contribution is 0.841. The van der Waals surface area contributed by atoms with Crippen molar-refractivity contribution in [3.63, 3.8) is 0 Å². The first-order valence-corrected chi connectivity index (χ1v) is 2.92. The van der Waals surface area contributed by atoms with Crippen LogP contribution >= 0.6 is 0 Å². The molecule has 1 aliphatic carbocycles. The first kappa shape index (κ1) is 5.57. The highest BCUT2D eigenvalue weighted by Gasteiger charge is 2.02. The summed E-state index contributed by atoms with van der Waals surface area (Å²) < 4.78 is 0. The summed E-state index contributed by atoms with van der Waals surface area (Å²) in [6.07, 6.45) is 7.32. The Balaban J connectivity index is 2.51. The summed E-state index contributed by atoms with van der Waals surface area (Å²) >= 11 is 0. The summed E-state index contributed by atoms with van der Waals surface area (Å²) in [7, 11) is 0.